The summed E-state index contributed by atoms with van der Waals surface area (Å²) in [7, 11) is 0. The van der Waals surface area contributed by atoms with Crippen LogP contribution >= 0.6 is 15.9 Å². The molecule has 0 bridgehead atoms. The van der Waals surface area contributed by atoms with E-state index in [1.807, 2.05) is 0 Å². The molecule has 1 unspecified atom stereocenters. The lowest BCUT2D eigenvalue weighted by Gasteiger charge is -2.15. The molecule has 0 aromatic rings. The Morgan fingerprint density at radius 2 is 0.613 bits per heavy atom. The number of halogens is 1. The van der Waals surface area contributed by atoms with Crippen molar-refractivity contribution in [3.05, 3.63) is 0 Å². The van der Waals surface area contributed by atoms with Crippen molar-refractivity contribution in [1.82, 2.24) is 0 Å². The molecule has 1 heteroatoms. The Hall–Kier alpha value is 0.480. The first-order chi connectivity index (χ1) is 15.3. The zero-order valence-electron chi connectivity index (χ0n) is 22.0. The first-order valence-electron chi connectivity index (χ1n) is 14.9. The van der Waals surface area contributed by atoms with E-state index in [-0.39, 0.29) is 0 Å². The molecule has 0 nitrogen and oxygen atoms in total. The average molecular weight is 502 g/mol. The lowest BCUT2D eigenvalue weighted by Crippen LogP contribution is -2.02. The van der Waals surface area contributed by atoms with Crippen LogP contribution in [0.25, 0.3) is 0 Å². The van der Waals surface area contributed by atoms with Gasteiger partial charge in [-0.05, 0) is 12.3 Å². The van der Waals surface area contributed by atoms with E-state index < -0.39 is 0 Å². The van der Waals surface area contributed by atoms with Gasteiger partial charge < -0.3 is 0 Å². The summed E-state index contributed by atoms with van der Waals surface area (Å²) in [5, 5.41) is 1.20. The highest BCUT2D eigenvalue weighted by atomic mass is 79.9. The molecule has 0 aromatic carbocycles. The van der Waals surface area contributed by atoms with E-state index in [2.05, 4.69) is 29.8 Å². The zero-order valence-corrected chi connectivity index (χ0v) is 23.6. The molecule has 0 fully saturated rings. The van der Waals surface area contributed by atoms with Crippen molar-refractivity contribution in [2.24, 2.45) is 5.92 Å². The van der Waals surface area contributed by atoms with Gasteiger partial charge in [-0.1, -0.05) is 190 Å². The first kappa shape index (κ1) is 31.5. The van der Waals surface area contributed by atoms with Crippen LogP contribution in [-0.4, -0.2) is 5.33 Å². The number of unbranched alkanes of at least 4 members (excludes halogenated alkanes) is 21. The molecular formula is C30H61Br. The molecule has 31 heavy (non-hydrogen) atoms. The highest BCUT2D eigenvalue weighted by molar-refractivity contribution is 9.09. The van der Waals surface area contributed by atoms with Gasteiger partial charge in [0.1, 0.15) is 0 Å². The Kier molecular flexibility index (Phi) is 29.0. The van der Waals surface area contributed by atoms with Gasteiger partial charge in [-0.25, -0.2) is 0 Å². The maximum atomic E-state index is 3.70. The van der Waals surface area contributed by atoms with Gasteiger partial charge >= 0.3 is 0 Å². The average Bonchev–Trinajstić information content (AvgIpc) is 2.78. The molecule has 0 N–H and O–H groups in total. The van der Waals surface area contributed by atoms with Crippen LogP contribution in [0.4, 0.5) is 0 Å². The van der Waals surface area contributed by atoms with Crippen molar-refractivity contribution in [1.29, 1.82) is 0 Å². The van der Waals surface area contributed by atoms with Crippen LogP contribution in [0, 0.1) is 5.92 Å². The Morgan fingerprint density at radius 3 is 0.871 bits per heavy atom. The van der Waals surface area contributed by atoms with Crippen LogP contribution in [0.15, 0.2) is 0 Å². The van der Waals surface area contributed by atoms with Crippen molar-refractivity contribution in [2.45, 2.75) is 181 Å². The third-order valence-corrected chi connectivity index (χ3v) is 7.66. The molecule has 0 rings (SSSR count). The van der Waals surface area contributed by atoms with Gasteiger partial charge in [-0.15, -0.1) is 0 Å². The highest BCUT2D eigenvalue weighted by Crippen LogP contribution is 2.23. The summed E-state index contributed by atoms with van der Waals surface area (Å²) in [5.74, 6) is 0.987. The fourth-order valence-corrected chi connectivity index (χ4v) is 5.61. The smallest absolute Gasteiger partial charge is 0.00339 e. The van der Waals surface area contributed by atoms with Crippen molar-refractivity contribution in [3.63, 3.8) is 0 Å². The van der Waals surface area contributed by atoms with Crippen molar-refractivity contribution >= 4 is 15.9 Å². The van der Waals surface area contributed by atoms with Gasteiger partial charge in [0.2, 0.25) is 0 Å². The van der Waals surface area contributed by atoms with Crippen LogP contribution in [-0.2, 0) is 0 Å². The Labute approximate surface area is 207 Å². The van der Waals surface area contributed by atoms with Crippen molar-refractivity contribution < 1.29 is 0 Å². The maximum absolute atomic E-state index is 3.70. The largest absolute Gasteiger partial charge is 0.0928 e. The summed E-state index contributed by atoms with van der Waals surface area (Å²) < 4.78 is 0. The van der Waals surface area contributed by atoms with E-state index in [0.29, 0.717) is 0 Å². The number of hydrogen-bond donors (Lipinski definition) is 0. The molecule has 1 atom stereocenters. The van der Waals surface area contributed by atoms with E-state index in [1.54, 1.807) is 0 Å². The monoisotopic (exact) mass is 500 g/mol. The molecule has 0 saturated heterocycles. The molecule has 0 aliphatic carbocycles. The summed E-state index contributed by atoms with van der Waals surface area (Å²) >= 11 is 3.70. The normalized spacial score (nSPS) is 12.5. The van der Waals surface area contributed by atoms with E-state index in [1.165, 1.54) is 172 Å². The maximum Gasteiger partial charge on any atom is 0.00339 e. The molecular weight excluding hydrogens is 440 g/mol. The fourth-order valence-electron chi connectivity index (χ4n) is 4.96. The summed E-state index contributed by atoms with van der Waals surface area (Å²) in [6, 6.07) is 0. The Morgan fingerprint density at radius 1 is 0.355 bits per heavy atom. The highest BCUT2D eigenvalue weighted by Gasteiger charge is 2.07. The third kappa shape index (κ3) is 26.6. The van der Waals surface area contributed by atoms with Crippen LogP contribution in [0.2, 0.25) is 0 Å². The molecule has 0 aliphatic heterocycles. The molecule has 0 radical (unpaired) electrons. The zero-order chi connectivity index (χ0) is 22.7. The lowest BCUT2D eigenvalue weighted by molar-refractivity contribution is 0.395. The van der Waals surface area contributed by atoms with Crippen molar-refractivity contribution in [3.8, 4) is 0 Å². The fraction of sp³-hybridized carbons (Fsp3) is 1.00. The van der Waals surface area contributed by atoms with Gasteiger partial charge in [0.05, 0.1) is 0 Å². The van der Waals surface area contributed by atoms with E-state index in [9.17, 15) is 0 Å². The van der Waals surface area contributed by atoms with Crippen LogP contribution < -0.4 is 0 Å². The Bertz CT molecular complexity index is 301. The Balaban J connectivity index is 3.39. The molecule has 0 heterocycles. The lowest BCUT2D eigenvalue weighted by atomic mass is 9.92. The second kappa shape index (κ2) is 28.5. The summed E-state index contributed by atoms with van der Waals surface area (Å²) in [5.41, 5.74) is 0. The molecule has 0 spiro atoms. The molecule has 0 aromatic heterocycles. The summed E-state index contributed by atoms with van der Waals surface area (Å²) in [6.07, 6.45) is 38.1. The standard InChI is InChI=1S/C30H61Br/c1-3-5-7-9-11-13-15-17-19-21-23-25-27-30(28-29-31)26-24-22-20-18-16-14-12-10-8-6-4-2/h30H,3-29H2,1-2H3. The minimum atomic E-state index is 0.987. The molecule has 0 aliphatic rings. The van der Waals surface area contributed by atoms with Gasteiger partial charge in [-0.3, -0.25) is 0 Å². The van der Waals surface area contributed by atoms with Gasteiger partial charge in [0, 0.05) is 5.33 Å². The van der Waals surface area contributed by atoms with Gasteiger partial charge in [0.25, 0.3) is 0 Å². The second-order valence-corrected chi connectivity index (χ2v) is 11.1. The minimum absolute atomic E-state index is 0.987. The third-order valence-electron chi connectivity index (χ3n) is 7.20. The van der Waals surface area contributed by atoms with E-state index >= 15 is 0 Å². The van der Waals surface area contributed by atoms with E-state index in [0.717, 1.165) is 5.92 Å². The number of alkyl halides is 1. The van der Waals surface area contributed by atoms with E-state index in [4.69, 9.17) is 0 Å². The van der Waals surface area contributed by atoms with Crippen LogP contribution in [0.5, 0.6) is 0 Å². The van der Waals surface area contributed by atoms with Gasteiger partial charge in [0.15, 0.2) is 0 Å². The summed E-state index contributed by atoms with van der Waals surface area (Å²) in [4.78, 5) is 0. The molecule has 0 amide bonds. The minimum Gasteiger partial charge on any atom is -0.0928 e. The predicted octanol–water partition coefficient (Wildman–Crippen LogP) is 12.2. The quantitative estimate of drug-likeness (QED) is 0.0775. The molecule has 188 valence electrons. The van der Waals surface area contributed by atoms with Crippen LogP contribution in [0.1, 0.15) is 181 Å². The number of rotatable bonds is 27. The summed E-state index contributed by atoms with van der Waals surface area (Å²) in [6.45, 7) is 4.61. The molecule has 0 saturated carbocycles. The predicted molar refractivity (Wildman–Crippen MR) is 149 cm³/mol. The second-order valence-electron chi connectivity index (χ2n) is 10.3. The van der Waals surface area contributed by atoms with Gasteiger partial charge in [-0.2, -0.15) is 0 Å². The SMILES string of the molecule is CCCCCCCCCCCCCCC(CCBr)CCCCCCCCCCCCC. The van der Waals surface area contributed by atoms with Crippen molar-refractivity contribution in [2.75, 3.05) is 5.33 Å². The first-order valence-corrected chi connectivity index (χ1v) is 16.0. The number of hydrogen-bond acceptors (Lipinski definition) is 0. The topological polar surface area (TPSA) is 0 Å². The van der Waals surface area contributed by atoms with Crippen LogP contribution in [0.3, 0.4) is 0 Å².